The van der Waals surface area contributed by atoms with Crippen molar-refractivity contribution in [3.8, 4) is 5.75 Å². The molecule has 2 aromatic carbocycles. The minimum atomic E-state index is -0.619. The van der Waals surface area contributed by atoms with E-state index in [-0.39, 0.29) is 23.7 Å². The number of phenols is 1. The van der Waals surface area contributed by atoms with E-state index in [0.29, 0.717) is 6.42 Å². The maximum absolute atomic E-state index is 13.6. The number of hydrogen-bond acceptors (Lipinski definition) is 4. The number of urea groups is 1. The van der Waals surface area contributed by atoms with Gasteiger partial charge in [0.1, 0.15) is 11.6 Å². The van der Waals surface area contributed by atoms with Crippen molar-refractivity contribution in [1.29, 1.82) is 0 Å². The van der Waals surface area contributed by atoms with Crippen LogP contribution in [0.25, 0.3) is 0 Å². The monoisotopic (exact) mass is 361 g/mol. The Labute approximate surface area is 149 Å². The summed E-state index contributed by atoms with van der Waals surface area (Å²) in [6.07, 6.45) is 0.366. The van der Waals surface area contributed by atoms with Gasteiger partial charge in [0.25, 0.3) is 0 Å². The summed E-state index contributed by atoms with van der Waals surface area (Å²) in [4.78, 5) is 23.1. The van der Waals surface area contributed by atoms with Crippen LogP contribution in [0.2, 0.25) is 0 Å². The van der Waals surface area contributed by atoms with Gasteiger partial charge in [-0.2, -0.15) is 0 Å². The maximum Gasteiger partial charge on any atom is 0.319 e. The highest BCUT2D eigenvalue weighted by Gasteiger charge is 2.13. The van der Waals surface area contributed by atoms with Crippen LogP contribution in [0, 0.1) is 5.82 Å². The molecular weight excluding hydrogens is 341 g/mol. The molecule has 138 valence electrons. The lowest BCUT2D eigenvalue weighted by Crippen LogP contribution is -2.41. The van der Waals surface area contributed by atoms with Crippen LogP contribution in [0.15, 0.2) is 42.5 Å². The molecule has 8 heteroatoms. The van der Waals surface area contributed by atoms with Crippen molar-refractivity contribution in [3.05, 3.63) is 53.8 Å². The average Bonchev–Trinajstić information content (AvgIpc) is 2.58. The summed E-state index contributed by atoms with van der Waals surface area (Å²) in [5.41, 5.74) is 1.07. The first-order valence-electron chi connectivity index (χ1n) is 7.91. The zero-order chi connectivity index (χ0) is 19.1. The zero-order valence-corrected chi connectivity index (χ0v) is 14.1. The second kappa shape index (κ2) is 8.82. The Morgan fingerprint density at radius 3 is 2.42 bits per heavy atom. The van der Waals surface area contributed by atoms with Gasteiger partial charge in [0.2, 0.25) is 5.91 Å². The Morgan fingerprint density at radius 1 is 1.12 bits per heavy atom. The smallest absolute Gasteiger partial charge is 0.319 e. The number of benzene rings is 2. The summed E-state index contributed by atoms with van der Waals surface area (Å²) in [6, 6.07) is 9.07. The molecule has 1 atom stereocenters. The molecule has 0 aromatic heterocycles. The van der Waals surface area contributed by atoms with Crippen LogP contribution in [0.3, 0.4) is 0 Å². The van der Waals surface area contributed by atoms with Crippen LogP contribution in [0.1, 0.15) is 12.5 Å². The molecule has 0 aliphatic carbocycles. The number of carbonyl (C=O) groups is 2. The highest BCUT2D eigenvalue weighted by atomic mass is 19.1. The largest absolute Gasteiger partial charge is 0.508 e. The van der Waals surface area contributed by atoms with Gasteiger partial charge in [0.05, 0.1) is 18.3 Å². The molecule has 5 N–H and O–H groups in total. The molecule has 2 aromatic rings. The number of aliphatic hydroxyl groups excluding tert-OH is 1. The number of anilines is 2. The minimum absolute atomic E-state index is 0.0434. The molecular formula is C18H20FN3O4. The van der Waals surface area contributed by atoms with E-state index in [1.54, 1.807) is 12.1 Å². The second-order valence-corrected chi connectivity index (χ2v) is 5.72. The quantitative estimate of drug-likeness (QED) is 0.543. The normalized spacial score (nSPS) is 11.5. The Hall–Kier alpha value is -3.13. The first-order chi connectivity index (χ1) is 12.4. The number of halogens is 1. The Kier molecular flexibility index (Phi) is 6.51. The van der Waals surface area contributed by atoms with E-state index in [9.17, 15) is 24.2 Å². The molecule has 0 radical (unpaired) electrons. The summed E-state index contributed by atoms with van der Waals surface area (Å²) in [6.45, 7) is 0.969. The first-order valence-corrected chi connectivity index (χ1v) is 7.91. The molecule has 0 aliphatic rings. The van der Waals surface area contributed by atoms with Gasteiger partial charge >= 0.3 is 6.03 Å². The predicted octanol–water partition coefficient (Wildman–Crippen LogP) is 2.21. The molecule has 26 heavy (non-hydrogen) atoms. The van der Waals surface area contributed by atoms with E-state index in [4.69, 9.17) is 0 Å². The van der Waals surface area contributed by atoms with Gasteiger partial charge in [0.15, 0.2) is 0 Å². The van der Waals surface area contributed by atoms with Crippen molar-refractivity contribution >= 4 is 23.3 Å². The van der Waals surface area contributed by atoms with Crippen LogP contribution < -0.4 is 16.0 Å². The number of hydrogen-bond donors (Lipinski definition) is 5. The van der Waals surface area contributed by atoms with Crippen molar-refractivity contribution in [1.82, 2.24) is 5.32 Å². The van der Waals surface area contributed by atoms with Gasteiger partial charge in [-0.25, -0.2) is 9.18 Å². The molecule has 0 saturated heterocycles. The second-order valence-electron chi connectivity index (χ2n) is 5.72. The number of nitrogens with one attached hydrogen (secondary N) is 3. The van der Waals surface area contributed by atoms with Crippen molar-refractivity contribution in [3.63, 3.8) is 0 Å². The number of aromatic hydroxyl groups is 1. The standard InChI is InChI=1S/C18H20FN3O4/c1-11(24)20-17-9-13(4-7-16(17)19)21-18(26)22-14(10-23)8-12-2-5-15(25)6-3-12/h2-7,9,14,23,25H,8,10H2,1H3,(H,20,24)(H2,21,22,26)/t14-/m0/s1. The lowest BCUT2D eigenvalue weighted by atomic mass is 10.1. The van der Waals surface area contributed by atoms with Gasteiger partial charge < -0.3 is 26.2 Å². The summed E-state index contributed by atoms with van der Waals surface area (Å²) >= 11 is 0. The number of rotatable bonds is 6. The molecule has 0 aliphatic heterocycles. The number of phenolic OH excluding ortho intramolecular Hbond substituents is 1. The van der Waals surface area contributed by atoms with Gasteiger partial charge in [-0.3, -0.25) is 4.79 Å². The SMILES string of the molecule is CC(=O)Nc1cc(NC(=O)N[C@H](CO)Cc2ccc(O)cc2)ccc1F. The number of amides is 3. The lowest BCUT2D eigenvalue weighted by molar-refractivity contribution is -0.114. The van der Waals surface area contributed by atoms with Gasteiger partial charge in [-0.15, -0.1) is 0 Å². The Morgan fingerprint density at radius 2 is 1.81 bits per heavy atom. The minimum Gasteiger partial charge on any atom is -0.508 e. The molecule has 0 spiro atoms. The summed E-state index contributed by atoms with van der Waals surface area (Å²) in [5, 5.41) is 26.2. The first kappa shape index (κ1) is 19.2. The molecule has 0 saturated carbocycles. The van der Waals surface area contributed by atoms with Crippen LogP contribution in [0.4, 0.5) is 20.6 Å². The fraction of sp³-hybridized carbons (Fsp3) is 0.222. The summed E-state index contributed by atoms with van der Waals surface area (Å²) in [5.74, 6) is -0.919. The molecule has 3 amide bonds. The molecule has 0 unspecified atom stereocenters. The lowest BCUT2D eigenvalue weighted by Gasteiger charge is -2.17. The van der Waals surface area contributed by atoms with Crippen molar-refractivity contribution in [2.75, 3.05) is 17.2 Å². The number of carbonyl (C=O) groups excluding carboxylic acids is 2. The average molecular weight is 361 g/mol. The molecule has 0 fully saturated rings. The van der Waals surface area contributed by atoms with Crippen molar-refractivity contribution < 1.29 is 24.2 Å². The van der Waals surface area contributed by atoms with E-state index >= 15 is 0 Å². The van der Waals surface area contributed by atoms with Gasteiger partial charge in [-0.1, -0.05) is 12.1 Å². The molecule has 7 nitrogen and oxygen atoms in total. The molecule has 2 rings (SSSR count). The van der Waals surface area contributed by atoms with Crippen LogP contribution in [0.5, 0.6) is 5.75 Å². The zero-order valence-electron chi connectivity index (χ0n) is 14.1. The fourth-order valence-corrected chi connectivity index (χ4v) is 2.32. The third kappa shape index (κ3) is 5.75. The molecule has 0 heterocycles. The third-order valence-electron chi connectivity index (χ3n) is 3.51. The maximum atomic E-state index is 13.6. The van der Waals surface area contributed by atoms with E-state index < -0.39 is 23.8 Å². The van der Waals surface area contributed by atoms with E-state index in [1.165, 1.54) is 31.2 Å². The van der Waals surface area contributed by atoms with E-state index in [1.807, 2.05) is 0 Å². The van der Waals surface area contributed by atoms with E-state index in [0.717, 1.165) is 11.6 Å². The van der Waals surface area contributed by atoms with Gasteiger partial charge in [0, 0.05) is 12.6 Å². The topological polar surface area (TPSA) is 111 Å². The van der Waals surface area contributed by atoms with Crippen molar-refractivity contribution in [2.45, 2.75) is 19.4 Å². The van der Waals surface area contributed by atoms with Crippen LogP contribution in [-0.2, 0) is 11.2 Å². The highest BCUT2D eigenvalue weighted by molar-refractivity contribution is 5.92. The van der Waals surface area contributed by atoms with Gasteiger partial charge in [-0.05, 0) is 42.3 Å². The van der Waals surface area contributed by atoms with Crippen molar-refractivity contribution in [2.24, 2.45) is 0 Å². The fourth-order valence-electron chi connectivity index (χ4n) is 2.32. The third-order valence-corrected chi connectivity index (χ3v) is 3.51. The van der Waals surface area contributed by atoms with Crippen LogP contribution in [-0.4, -0.2) is 34.8 Å². The Balaban J connectivity index is 1.97. The highest BCUT2D eigenvalue weighted by Crippen LogP contribution is 2.19. The number of aliphatic hydroxyl groups is 1. The van der Waals surface area contributed by atoms with Crippen LogP contribution >= 0.6 is 0 Å². The Bertz CT molecular complexity index is 781. The van der Waals surface area contributed by atoms with E-state index in [2.05, 4.69) is 16.0 Å². The predicted molar refractivity (Wildman–Crippen MR) is 95.5 cm³/mol. The summed E-state index contributed by atoms with van der Waals surface area (Å²) in [7, 11) is 0. The summed E-state index contributed by atoms with van der Waals surface area (Å²) < 4.78 is 13.6. The molecule has 0 bridgehead atoms.